The lowest BCUT2D eigenvalue weighted by atomic mass is 10.0. The average Bonchev–Trinajstić information content (AvgIpc) is 2.70. The summed E-state index contributed by atoms with van der Waals surface area (Å²) in [5, 5.41) is 10.2. The van der Waals surface area contributed by atoms with Crippen molar-refractivity contribution in [2.24, 2.45) is 0 Å². The van der Waals surface area contributed by atoms with Gasteiger partial charge in [-0.2, -0.15) is 0 Å². The summed E-state index contributed by atoms with van der Waals surface area (Å²) in [6.07, 6.45) is 0.842. The Morgan fingerprint density at radius 2 is 1.19 bits per heavy atom. The zero-order valence-corrected chi connectivity index (χ0v) is 16.3. The molecule has 3 aromatic rings. The molecule has 0 aliphatic heterocycles. The van der Waals surface area contributed by atoms with Crippen LogP contribution in [0.3, 0.4) is 0 Å². The van der Waals surface area contributed by atoms with Gasteiger partial charge in [-0.05, 0) is 48.1 Å². The Hall–Kier alpha value is -2.42. The molecule has 2 heteroatoms. The molecule has 0 saturated heterocycles. The van der Waals surface area contributed by atoms with Crippen LogP contribution in [0.5, 0.6) is 0 Å². The molecule has 0 bridgehead atoms. The average molecular weight is 360 g/mol. The summed E-state index contributed by atoms with van der Waals surface area (Å²) in [7, 11) is 0. The first-order chi connectivity index (χ1) is 13.2. The normalized spacial score (nSPS) is 12.3. The summed E-state index contributed by atoms with van der Waals surface area (Å²) in [5.74, 6) is 0. The molecule has 0 saturated carbocycles. The van der Waals surface area contributed by atoms with Crippen LogP contribution in [0, 0.1) is 13.8 Å². The molecule has 0 heterocycles. The van der Waals surface area contributed by atoms with Crippen LogP contribution >= 0.6 is 0 Å². The zero-order valence-electron chi connectivity index (χ0n) is 16.3. The van der Waals surface area contributed by atoms with Crippen LogP contribution in [-0.4, -0.2) is 22.7 Å². The van der Waals surface area contributed by atoms with Crippen LogP contribution in [0.15, 0.2) is 78.9 Å². The van der Waals surface area contributed by atoms with Crippen molar-refractivity contribution < 1.29 is 5.11 Å². The number of nitrogens with zero attached hydrogens (tertiary/aromatic N) is 1. The van der Waals surface area contributed by atoms with Crippen molar-refractivity contribution >= 4 is 0 Å². The number of hydrogen-bond acceptors (Lipinski definition) is 2. The highest BCUT2D eigenvalue weighted by atomic mass is 16.3. The fraction of sp³-hybridized carbons (Fsp3) is 0.280. The van der Waals surface area contributed by atoms with Gasteiger partial charge in [-0.15, -0.1) is 0 Å². The fourth-order valence-electron chi connectivity index (χ4n) is 3.52. The van der Waals surface area contributed by atoms with E-state index in [1.807, 2.05) is 6.07 Å². The highest BCUT2D eigenvalue weighted by molar-refractivity contribution is 5.28. The Kier molecular flexibility index (Phi) is 6.80. The van der Waals surface area contributed by atoms with Gasteiger partial charge in [0.1, 0.15) is 0 Å². The van der Waals surface area contributed by atoms with Crippen molar-refractivity contribution in [3.63, 3.8) is 0 Å². The molecule has 27 heavy (non-hydrogen) atoms. The van der Waals surface area contributed by atoms with Crippen LogP contribution in [0.4, 0.5) is 0 Å². The predicted octanol–water partition coefficient (Wildman–Crippen LogP) is 4.91. The molecule has 2 nitrogen and oxygen atoms in total. The van der Waals surface area contributed by atoms with E-state index in [4.69, 9.17) is 0 Å². The van der Waals surface area contributed by atoms with Crippen LogP contribution < -0.4 is 0 Å². The predicted molar refractivity (Wildman–Crippen MR) is 113 cm³/mol. The minimum Gasteiger partial charge on any atom is -0.395 e. The monoisotopic (exact) mass is 359 g/mol. The molecule has 0 radical (unpaired) electrons. The van der Waals surface area contributed by atoms with Gasteiger partial charge >= 0.3 is 0 Å². The van der Waals surface area contributed by atoms with E-state index < -0.39 is 0 Å². The third-order valence-corrected chi connectivity index (χ3v) is 5.31. The Morgan fingerprint density at radius 1 is 0.704 bits per heavy atom. The van der Waals surface area contributed by atoms with E-state index in [0.29, 0.717) is 0 Å². The van der Waals surface area contributed by atoms with Crippen molar-refractivity contribution in [2.75, 3.05) is 6.61 Å². The standard InChI is InChI=1S/C25H29NO/c1-20-10-6-8-14-23(20)17-26(18-24-15-9-7-11-21(24)2)25(19-27)16-22-12-4-3-5-13-22/h3-15,25,27H,16-19H2,1-2H3/t25-/m0/s1. The van der Waals surface area contributed by atoms with Gasteiger partial charge in [-0.1, -0.05) is 78.9 Å². The molecule has 0 aromatic heterocycles. The summed E-state index contributed by atoms with van der Waals surface area (Å²) in [4.78, 5) is 2.41. The van der Waals surface area contributed by atoms with Gasteiger partial charge in [-0.3, -0.25) is 4.90 Å². The first-order valence-corrected chi connectivity index (χ1v) is 9.65. The lowest BCUT2D eigenvalue weighted by Crippen LogP contribution is -2.39. The van der Waals surface area contributed by atoms with Gasteiger partial charge in [-0.25, -0.2) is 0 Å². The Balaban J connectivity index is 1.87. The smallest absolute Gasteiger partial charge is 0.0590 e. The van der Waals surface area contributed by atoms with E-state index in [-0.39, 0.29) is 12.6 Å². The van der Waals surface area contributed by atoms with E-state index in [0.717, 1.165) is 19.5 Å². The summed E-state index contributed by atoms with van der Waals surface area (Å²) in [6, 6.07) is 27.6. The molecule has 3 rings (SSSR count). The maximum absolute atomic E-state index is 10.2. The molecular weight excluding hydrogens is 330 g/mol. The van der Waals surface area contributed by atoms with Gasteiger partial charge in [0.25, 0.3) is 0 Å². The Labute approximate surface area is 163 Å². The van der Waals surface area contributed by atoms with Crippen molar-refractivity contribution in [1.82, 2.24) is 4.90 Å². The lowest BCUT2D eigenvalue weighted by molar-refractivity contribution is 0.109. The molecule has 0 fully saturated rings. The van der Waals surface area contributed by atoms with Gasteiger partial charge in [0.15, 0.2) is 0 Å². The third kappa shape index (κ3) is 5.29. The summed E-state index contributed by atoms with van der Waals surface area (Å²) >= 11 is 0. The number of benzene rings is 3. The summed E-state index contributed by atoms with van der Waals surface area (Å²) < 4.78 is 0. The SMILES string of the molecule is Cc1ccccc1CN(Cc1ccccc1C)[C@H](CO)Cc1ccccc1. The van der Waals surface area contributed by atoms with E-state index in [9.17, 15) is 5.11 Å². The largest absolute Gasteiger partial charge is 0.395 e. The molecule has 1 N–H and O–H groups in total. The van der Waals surface area contributed by atoms with Gasteiger partial charge in [0.2, 0.25) is 0 Å². The molecule has 0 aliphatic rings. The van der Waals surface area contributed by atoms with Crippen molar-refractivity contribution in [3.05, 3.63) is 107 Å². The second-order valence-electron chi connectivity index (χ2n) is 7.28. The first kappa shape index (κ1) is 19.3. The van der Waals surface area contributed by atoms with E-state index in [1.165, 1.54) is 27.8 Å². The van der Waals surface area contributed by atoms with Crippen LogP contribution in [0.1, 0.15) is 27.8 Å². The first-order valence-electron chi connectivity index (χ1n) is 9.65. The molecule has 0 amide bonds. The molecule has 3 aromatic carbocycles. The Morgan fingerprint density at radius 3 is 1.67 bits per heavy atom. The van der Waals surface area contributed by atoms with Crippen molar-refractivity contribution in [1.29, 1.82) is 0 Å². The topological polar surface area (TPSA) is 23.5 Å². The van der Waals surface area contributed by atoms with Crippen molar-refractivity contribution in [2.45, 2.75) is 39.4 Å². The number of rotatable bonds is 8. The summed E-state index contributed by atoms with van der Waals surface area (Å²) in [6.45, 7) is 6.13. The fourth-order valence-corrected chi connectivity index (χ4v) is 3.52. The maximum Gasteiger partial charge on any atom is 0.0590 e. The molecule has 0 unspecified atom stereocenters. The number of aliphatic hydroxyl groups is 1. The van der Waals surface area contributed by atoms with E-state index in [2.05, 4.69) is 91.5 Å². The Bertz CT molecular complexity index is 796. The highest BCUT2D eigenvalue weighted by Crippen LogP contribution is 2.20. The molecule has 0 spiro atoms. The van der Waals surface area contributed by atoms with Crippen LogP contribution in [-0.2, 0) is 19.5 Å². The van der Waals surface area contributed by atoms with Gasteiger partial charge in [0, 0.05) is 19.1 Å². The van der Waals surface area contributed by atoms with Crippen LogP contribution in [0.25, 0.3) is 0 Å². The number of aryl methyl sites for hydroxylation is 2. The minimum atomic E-state index is 0.0756. The van der Waals surface area contributed by atoms with E-state index >= 15 is 0 Å². The third-order valence-electron chi connectivity index (χ3n) is 5.31. The number of aliphatic hydroxyl groups excluding tert-OH is 1. The second kappa shape index (κ2) is 9.50. The molecule has 0 aliphatic carbocycles. The number of hydrogen-bond donors (Lipinski definition) is 1. The van der Waals surface area contributed by atoms with E-state index in [1.54, 1.807) is 0 Å². The maximum atomic E-state index is 10.2. The second-order valence-corrected chi connectivity index (χ2v) is 7.28. The lowest BCUT2D eigenvalue weighted by Gasteiger charge is -2.32. The molecule has 140 valence electrons. The zero-order chi connectivity index (χ0) is 19.1. The summed E-state index contributed by atoms with van der Waals surface area (Å²) in [5.41, 5.74) is 6.48. The quantitative estimate of drug-likeness (QED) is 0.618. The van der Waals surface area contributed by atoms with Gasteiger partial charge in [0.05, 0.1) is 6.61 Å². The van der Waals surface area contributed by atoms with Crippen LogP contribution in [0.2, 0.25) is 0 Å². The molecular formula is C25H29NO. The van der Waals surface area contributed by atoms with Crippen molar-refractivity contribution in [3.8, 4) is 0 Å². The molecule has 1 atom stereocenters. The highest BCUT2D eigenvalue weighted by Gasteiger charge is 2.20. The van der Waals surface area contributed by atoms with Gasteiger partial charge < -0.3 is 5.11 Å². The minimum absolute atomic E-state index is 0.0756.